The zero-order chi connectivity index (χ0) is 13.2. The van der Waals surface area contributed by atoms with Gasteiger partial charge in [-0.3, -0.25) is 4.90 Å². The van der Waals surface area contributed by atoms with Crippen molar-refractivity contribution in [2.45, 2.75) is 19.0 Å². The molecular weight excluding hydrogens is 330 g/mol. The summed E-state index contributed by atoms with van der Waals surface area (Å²) in [5.41, 5.74) is 0. The Morgan fingerprint density at radius 1 is 1.53 bits per heavy atom. The molecule has 19 heavy (non-hydrogen) atoms. The van der Waals surface area contributed by atoms with Crippen LogP contribution >= 0.6 is 27.7 Å². The normalized spacial score (nSPS) is 19.4. The maximum absolute atomic E-state index is 5.40. The summed E-state index contributed by atoms with van der Waals surface area (Å²) in [6.07, 6.45) is 1.23. The molecule has 2 aromatic rings. The summed E-state index contributed by atoms with van der Waals surface area (Å²) < 4.78 is 11.3. The summed E-state index contributed by atoms with van der Waals surface area (Å²) in [6, 6.07) is 4.24. The maximum Gasteiger partial charge on any atom is 0.241 e. The number of hydrogen-bond donors (Lipinski definition) is 0. The van der Waals surface area contributed by atoms with Gasteiger partial charge in [-0.25, -0.2) is 0 Å². The van der Waals surface area contributed by atoms with Gasteiger partial charge in [0.25, 0.3) is 0 Å². The maximum atomic E-state index is 5.40. The molecule has 102 valence electrons. The number of hydrogen-bond acceptors (Lipinski definition) is 6. The first kappa shape index (κ1) is 13.2. The molecule has 1 aliphatic rings. The van der Waals surface area contributed by atoms with Gasteiger partial charge in [-0.2, -0.15) is 16.7 Å². The summed E-state index contributed by atoms with van der Waals surface area (Å²) in [5, 5.41) is 3.95. The molecule has 3 rings (SSSR count). The van der Waals surface area contributed by atoms with Crippen molar-refractivity contribution in [1.29, 1.82) is 0 Å². The first-order chi connectivity index (χ1) is 9.22. The minimum atomic E-state index is 0.495. The van der Waals surface area contributed by atoms with Gasteiger partial charge in [-0.1, -0.05) is 5.16 Å². The van der Waals surface area contributed by atoms with Crippen LogP contribution in [0.2, 0.25) is 0 Å². The fourth-order valence-corrected chi connectivity index (χ4v) is 3.67. The minimum Gasteiger partial charge on any atom is -0.446 e. The number of rotatable bonds is 4. The molecule has 0 saturated carbocycles. The Hall–Kier alpha value is -0.790. The molecule has 2 aromatic heterocycles. The molecule has 1 aliphatic heterocycles. The molecule has 0 N–H and O–H groups in total. The van der Waals surface area contributed by atoms with Gasteiger partial charge in [0.2, 0.25) is 11.7 Å². The Balaban J connectivity index is 1.67. The highest BCUT2D eigenvalue weighted by Crippen LogP contribution is 2.24. The van der Waals surface area contributed by atoms with Crippen molar-refractivity contribution >= 4 is 27.7 Å². The van der Waals surface area contributed by atoms with Crippen LogP contribution in [0.1, 0.15) is 12.3 Å². The molecule has 5 nitrogen and oxygen atoms in total. The molecule has 0 amide bonds. The zero-order valence-electron chi connectivity index (χ0n) is 10.5. The standard InChI is InChI=1S/C12H14BrN3O2S/c1-16(8-4-5-19-7-8)6-11-14-12(15-18-11)9-2-3-10(13)17-9/h2-3,8H,4-7H2,1H3. The van der Waals surface area contributed by atoms with Crippen LogP contribution in [0.25, 0.3) is 11.6 Å². The minimum absolute atomic E-state index is 0.495. The lowest BCUT2D eigenvalue weighted by molar-refractivity contribution is 0.218. The molecule has 0 radical (unpaired) electrons. The third-order valence-electron chi connectivity index (χ3n) is 3.18. The second kappa shape index (κ2) is 5.68. The molecule has 1 unspecified atom stereocenters. The largest absolute Gasteiger partial charge is 0.446 e. The Morgan fingerprint density at radius 3 is 3.11 bits per heavy atom. The van der Waals surface area contributed by atoms with Gasteiger partial charge in [-0.05, 0) is 47.3 Å². The van der Waals surface area contributed by atoms with E-state index in [9.17, 15) is 0 Å². The van der Waals surface area contributed by atoms with Crippen LogP contribution in [0.5, 0.6) is 0 Å². The molecule has 3 heterocycles. The molecule has 0 bridgehead atoms. The van der Waals surface area contributed by atoms with Crippen LogP contribution in [0.4, 0.5) is 0 Å². The van der Waals surface area contributed by atoms with E-state index in [1.807, 2.05) is 23.9 Å². The summed E-state index contributed by atoms with van der Waals surface area (Å²) in [5.74, 6) is 4.16. The lowest BCUT2D eigenvalue weighted by atomic mass is 10.2. The van der Waals surface area contributed by atoms with Gasteiger partial charge in [-0.15, -0.1) is 0 Å². The van der Waals surface area contributed by atoms with Crippen LogP contribution in [-0.4, -0.2) is 39.6 Å². The van der Waals surface area contributed by atoms with Gasteiger partial charge < -0.3 is 8.94 Å². The van der Waals surface area contributed by atoms with Crippen molar-refractivity contribution in [3.05, 3.63) is 22.7 Å². The number of thioether (sulfide) groups is 1. The SMILES string of the molecule is CN(Cc1nc(-c2ccc(Br)o2)no1)C1CCSC1. The van der Waals surface area contributed by atoms with E-state index in [4.69, 9.17) is 8.94 Å². The van der Waals surface area contributed by atoms with Crippen LogP contribution in [0.3, 0.4) is 0 Å². The molecule has 0 aromatic carbocycles. The van der Waals surface area contributed by atoms with Crippen molar-refractivity contribution in [3.63, 3.8) is 0 Å². The van der Waals surface area contributed by atoms with E-state index >= 15 is 0 Å². The second-order valence-corrected chi connectivity index (χ2v) is 6.48. The molecule has 7 heteroatoms. The fraction of sp³-hybridized carbons (Fsp3) is 0.500. The average molecular weight is 344 g/mol. The van der Waals surface area contributed by atoms with E-state index in [2.05, 4.69) is 38.0 Å². The van der Waals surface area contributed by atoms with Gasteiger partial charge in [0, 0.05) is 11.8 Å². The predicted molar refractivity (Wildman–Crippen MR) is 76.9 cm³/mol. The fourth-order valence-electron chi connectivity index (χ4n) is 2.07. The summed E-state index contributed by atoms with van der Waals surface area (Å²) in [7, 11) is 2.10. The van der Waals surface area contributed by atoms with E-state index < -0.39 is 0 Å². The van der Waals surface area contributed by atoms with Crippen LogP contribution < -0.4 is 0 Å². The van der Waals surface area contributed by atoms with Gasteiger partial charge >= 0.3 is 0 Å². The van der Waals surface area contributed by atoms with Crippen LogP contribution in [0.15, 0.2) is 25.7 Å². The van der Waals surface area contributed by atoms with E-state index in [0.29, 0.717) is 34.7 Å². The van der Waals surface area contributed by atoms with E-state index in [-0.39, 0.29) is 0 Å². The number of furan rings is 1. The van der Waals surface area contributed by atoms with E-state index in [1.165, 1.54) is 17.9 Å². The molecule has 1 atom stereocenters. The van der Waals surface area contributed by atoms with Crippen molar-refractivity contribution in [1.82, 2.24) is 15.0 Å². The summed E-state index contributed by atoms with van der Waals surface area (Å²) in [4.78, 5) is 6.64. The third-order valence-corrected chi connectivity index (χ3v) is 4.75. The average Bonchev–Trinajstić information content (AvgIpc) is 3.07. The van der Waals surface area contributed by atoms with Crippen molar-refractivity contribution in [3.8, 4) is 11.6 Å². The molecule has 0 spiro atoms. The quantitative estimate of drug-likeness (QED) is 0.850. The first-order valence-electron chi connectivity index (χ1n) is 6.08. The number of nitrogens with zero attached hydrogens (tertiary/aromatic N) is 3. The molecule has 1 fully saturated rings. The van der Waals surface area contributed by atoms with Gasteiger partial charge in [0.1, 0.15) is 0 Å². The number of aromatic nitrogens is 2. The third kappa shape index (κ3) is 3.04. The topological polar surface area (TPSA) is 55.3 Å². The van der Waals surface area contributed by atoms with Crippen molar-refractivity contribution in [2.75, 3.05) is 18.6 Å². The Bertz CT molecular complexity index is 551. The molecule has 1 saturated heterocycles. The molecular formula is C12H14BrN3O2S. The summed E-state index contributed by atoms with van der Waals surface area (Å²) in [6.45, 7) is 0.681. The van der Waals surface area contributed by atoms with Crippen molar-refractivity contribution in [2.24, 2.45) is 0 Å². The van der Waals surface area contributed by atoms with Crippen LogP contribution in [-0.2, 0) is 6.54 Å². The van der Waals surface area contributed by atoms with Crippen molar-refractivity contribution < 1.29 is 8.94 Å². The second-order valence-electron chi connectivity index (χ2n) is 4.55. The van der Waals surface area contributed by atoms with Gasteiger partial charge in [0.15, 0.2) is 10.4 Å². The Kier molecular flexibility index (Phi) is 3.95. The molecule has 0 aliphatic carbocycles. The smallest absolute Gasteiger partial charge is 0.241 e. The predicted octanol–water partition coefficient (Wildman–Crippen LogP) is 3.03. The lowest BCUT2D eigenvalue weighted by Crippen LogP contribution is -2.30. The highest BCUT2D eigenvalue weighted by Gasteiger charge is 2.22. The van der Waals surface area contributed by atoms with Crippen LogP contribution in [0, 0.1) is 0 Å². The highest BCUT2D eigenvalue weighted by atomic mass is 79.9. The van der Waals surface area contributed by atoms with E-state index in [0.717, 1.165) is 0 Å². The Labute approximate surface area is 123 Å². The lowest BCUT2D eigenvalue weighted by Gasteiger charge is -2.20. The Morgan fingerprint density at radius 2 is 2.42 bits per heavy atom. The summed E-state index contributed by atoms with van der Waals surface area (Å²) >= 11 is 5.26. The van der Waals surface area contributed by atoms with Gasteiger partial charge in [0.05, 0.1) is 6.54 Å². The number of halogens is 1. The first-order valence-corrected chi connectivity index (χ1v) is 8.03. The highest BCUT2D eigenvalue weighted by molar-refractivity contribution is 9.10. The monoisotopic (exact) mass is 343 g/mol. The van der Waals surface area contributed by atoms with E-state index in [1.54, 1.807) is 0 Å². The zero-order valence-corrected chi connectivity index (χ0v) is 12.9.